The summed E-state index contributed by atoms with van der Waals surface area (Å²) in [7, 11) is -4.12. The number of aromatic nitrogens is 4. The number of rotatable bonds is 6. The number of nitrogens with zero attached hydrogens (tertiary/aromatic N) is 4. The van der Waals surface area contributed by atoms with Crippen LogP contribution in [0, 0.1) is 0 Å². The van der Waals surface area contributed by atoms with Crippen LogP contribution in [0.5, 0.6) is 0 Å². The summed E-state index contributed by atoms with van der Waals surface area (Å²) in [5, 5.41) is 4.80. The largest absolute Gasteiger partial charge is 0.287 e. The highest BCUT2D eigenvalue weighted by atomic mass is 32.2. The summed E-state index contributed by atoms with van der Waals surface area (Å²) in [5.41, 5.74) is 2.45. The van der Waals surface area contributed by atoms with E-state index in [0.29, 0.717) is 29.3 Å². The molecule has 2 aromatic heterocycles. The van der Waals surface area contributed by atoms with E-state index in [0.717, 1.165) is 11.7 Å². The van der Waals surface area contributed by atoms with Crippen molar-refractivity contribution in [3.63, 3.8) is 0 Å². The Labute approximate surface area is 174 Å². The lowest BCUT2D eigenvalue weighted by Crippen LogP contribution is -2.42. The van der Waals surface area contributed by atoms with Gasteiger partial charge in [-0.2, -0.15) is 13.8 Å². The van der Waals surface area contributed by atoms with Gasteiger partial charge in [0.2, 0.25) is 0 Å². The van der Waals surface area contributed by atoms with Crippen molar-refractivity contribution in [2.24, 2.45) is 0 Å². The molecule has 2 aromatic carbocycles. The van der Waals surface area contributed by atoms with Crippen LogP contribution in [0.2, 0.25) is 0 Å². The molecule has 4 rings (SSSR count). The number of fused-ring (bicyclic) bond motifs is 2. The standard InChI is InChI=1S/C18H16N6O4S2/c1-2-10-24-18(26)12-7-4-3-6-11(12)15(20-24)17(25)19-23-30(27,28)14-9-5-8-13-16(14)22-29-21-13/h3-9,23H,2,10H2,1H3,(H,19,25). The lowest BCUT2D eigenvalue weighted by Gasteiger charge is -2.12. The third-order valence-corrected chi connectivity index (χ3v) is 6.18. The third-order valence-electron chi connectivity index (χ3n) is 4.36. The van der Waals surface area contributed by atoms with Crippen LogP contribution < -0.4 is 15.8 Å². The number of carbonyl (C=O) groups excluding carboxylic acids is 1. The molecule has 154 valence electrons. The average molecular weight is 444 g/mol. The monoisotopic (exact) mass is 444 g/mol. The number of sulfonamides is 1. The summed E-state index contributed by atoms with van der Waals surface area (Å²) < 4.78 is 34.6. The van der Waals surface area contributed by atoms with Gasteiger partial charge in [-0.15, -0.1) is 4.83 Å². The molecule has 0 aliphatic rings. The maximum absolute atomic E-state index is 12.8. The molecule has 0 fully saturated rings. The first-order valence-electron chi connectivity index (χ1n) is 8.95. The highest BCUT2D eigenvalue weighted by Gasteiger charge is 2.22. The Kier molecular flexibility index (Phi) is 5.28. The summed E-state index contributed by atoms with van der Waals surface area (Å²) in [5.74, 6) is -0.789. The number of carbonyl (C=O) groups is 1. The van der Waals surface area contributed by atoms with E-state index in [4.69, 9.17) is 0 Å². The molecule has 0 aliphatic heterocycles. The molecule has 0 saturated carbocycles. The van der Waals surface area contributed by atoms with E-state index in [1.54, 1.807) is 30.3 Å². The SMILES string of the molecule is CCCn1nc(C(=O)NNS(=O)(=O)c2cccc3nsnc23)c2ccccc2c1=O. The fourth-order valence-electron chi connectivity index (χ4n) is 2.99. The van der Waals surface area contributed by atoms with Crippen molar-refractivity contribution in [2.45, 2.75) is 24.8 Å². The minimum Gasteiger partial charge on any atom is -0.272 e. The van der Waals surface area contributed by atoms with E-state index in [1.165, 1.54) is 16.8 Å². The van der Waals surface area contributed by atoms with Crippen molar-refractivity contribution in [1.29, 1.82) is 0 Å². The Morgan fingerprint density at radius 1 is 1.10 bits per heavy atom. The van der Waals surface area contributed by atoms with Gasteiger partial charge in [0.25, 0.3) is 21.5 Å². The molecule has 0 spiro atoms. The Morgan fingerprint density at radius 3 is 2.63 bits per heavy atom. The van der Waals surface area contributed by atoms with Gasteiger partial charge in [0.1, 0.15) is 15.9 Å². The summed E-state index contributed by atoms with van der Waals surface area (Å²) in [6.45, 7) is 2.21. The Morgan fingerprint density at radius 2 is 1.87 bits per heavy atom. The van der Waals surface area contributed by atoms with Crippen LogP contribution in [0.3, 0.4) is 0 Å². The lowest BCUT2D eigenvalue weighted by molar-refractivity contribution is 0.0939. The van der Waals surface area contributed by atoms with Crippen LogP contribution in [0.15, 0.2) is 52.2 Å². The van der Waals surface area contributed by atoms with Crippen molar-refractivity contribution in [3.05, 3.63) is 58.5 Å². The van der Waals surface area contributed by atoms with E-state index in [-0.39, 0.29) is 21.7 Å². The zero-order valence-electron chi connectivity index (χ0n) is 15.7. The normalized spacial score (nSPS) is 11.8. The molecule has 0 atom stereocenters. The molecule has 10 nitrogen and oxygen atoms in total. The van der Waals surface area contributed by atoms with Crippen LogP contribution >= 0.6 is 11.7 Å². The van der Waals surface area contributed by atoms with Crippen molar-refractivity contribution in [3.8, 4) is 0 Å². The number of benzene rings is 2. The summed E-state index contributed by atoms with van der Waals surface area (Å²) in [6.07, 6.45) is 0.643. The molecule has 2 N–H and O–H groups in total. The first-order valence-corrected chi connectivity index (χ1v) is 11.2. The van der Waals surface area contributed by atoms with Gasteiger partial charge in [-0.25, -0.2) is 13.1 Å². The van der Waals surface area contributed by atoms with E-state index in [2.05, 4.69) is 24.1 Å². The van der Waals surface area contributed by atoms with E-state index in [9.17, 15) is 18.0 Å². The first kappa shape index (κ1) is 20.1. The number of hydrogen-bond acceptors (Lipinski definition) is 8. The number of hydrogen-bond donors (Lipinski definition) is 2. The van der Waals surface area contributed by atoms with E-state index in [1.807, 2.05) is 6.92 Å². The van der Waals surface area contributed by atoms with Gasteiger partial charge < -0.3 is 0 Å². The van der Waals surface area contributed by atoms with Gasteiger partial charge in [-0.3, -0.25) is 15.0 Å². The maximum Gasteiger partial charge on any atom is 0.287 e. The minimum atomic E-state index is -4.12. The van der Waals surface area contributed by atoms with Gasteiger partial charge in [0, 0.05) is 11.9 Å². The van der Waals surface area contributed by atoms with Crippen molar-refractivity contribution >= 4 is 49.5 Å². The van der Waals surface area contributed by atoms with Crippen molar-refractivity contribution < 1.29 is 13.2 Å². The smallest absolute Gasteiger partial charge is 0.272 e. The summed E-state index contributed by atoms with van der Waals surface area (Å²) >= 11 is 0.891. The van der Waals surface area contributed by atoms with Gasteiger partial charge >= 0.3 is 0 Å². The van der Waals surface area contributed by atoms with E-state index < -0.39 is 15.9 Å². The predicted molar refractivity (Wildman–Crippen MR) is 111 cm³/mol. The van der Waals surface area contributed by atoms with Gasteiger partial charge in [-0.1, -0.05) is 31.2 Å². The minimum absolute atomic E-state index is 0.0603. The summed E-state index contributed by atoms with van der Waals surface area (Å²) in [4.78, 5) is 27.3. The first-order chi connectivity index (χ1) is 14.4. The van der Waals surface area contributed by atoms with Gasteiger partial charge in [0.05, 0.1) is 17.1 Å². The molecule has 30 heavy (non-hydrogen) atoms. The van der Waals surface area contributed by atoms with Crippen LogP contribution in [0.4, 0.5) is 0 Å². The predicted octanol–water partition coefficient (Wildman–Crippen LogP) is 1.43. The van der Waals surface area contributed by atoms with Gasteiger partial charge in [-0.05, 0) is 24.6 Å². The lowest BCUT2D eigenvalue weighted by atomic mass is 10.1. The summed E-state index contributed by atoms with van der Waals surface area (Å²) in [6, 6.07) is 11.1. The topological polar surface area (TPSA) is 136 Å². The number of hydrazine groups is 1. The van der Waals surface area contributed by atoms with Crippen molar-refractivity contribution in [1.82, 2.24) is 28.8 Å². The second-order valence-corrected chi connectivity index (χ2v) is 8.55. The Balaban J connectivity index is 1.68. The Bertz CT molecular complexity index is 1430. The molecule has 2 heterocycles. The van der Waals surface area contributed by atoms with Crippen LogP contribution in [0.1, 0.15) is 23.8 Å². The third kappa shape index (κ3) is 3.56. The second kappa shape index (κ2) is 7.89. The van der Waals surface area contributed by atoms with Crippen molar-refractivity contribution in [2.75, 3.05) is 0 Å². The quantitative estimate of drug-likeness (QED) is 0.429. The second-order valence-electron chi connectivity index (χ2n) is 6.37. The van der Waals surface area contributed by atoms with Crippen LogP contribution in [-0.2, 0) is 16.6 Å². The fraction of sp³-hybridized carbons (Fsp3) is 0.167. The number of aryl methyl sites for hydroxylation is 1. The number of nitrogens with one attached hydrogen (secondary N) is 2. The molecule has 4 aromatic rings. The molecular formula is C18H16N6O4S2. The Hall–Kier alpha value is -3.22. The van der Waals surface area contributed by atoms with E-state index >= 15 is 0 Å². The highest BCUT2D eigenvalue weighted by molar-refractivity contribution is 7.89. The van der Waals surface area contributed by atoms with Gasteiger partial charge in [0.15, 0.2) is 5.69 Å². The molecular weight excluding hydrogens is 428 g/mol. The molecule has 12 heteroatoms. The molecule has 0 bridgehead atoms. The fourth-order valence-corrected chi connectivity index (χ4v) is 4.60. The zero-order valence-corrected chi connectivity index (χ0v) is 17.3. The molecule has 0 radical (unpaired) electrons. The molecule has 0 unspecified atom stereocenters. The number of amides is 1. The maximum atomic E-state index is 12.8. The molecule has 1 amide bonds. The van der Waals surface area contributed by atoms with Crippen LogP contribution in [-0.4, -0.2) is 32.9 Å². The molecule has 0 saturated heterocycles. The highest BCUT2D eigenvalue weighted by Crippen LogP contribution is 2.20. The van der Waals surface area contributed by atoms with Crippen LogP contribution in [0.25, 0.3) is 21.8 Å². The zero-order chi connectivity index (χ0) is 21.3. The average Bonchev–Trinajstić information content (AvgIpc) is 3.23. The molecule has 0 aliphatic carbocycles.